The summed E-state index contributed by atoms with van der Waals surface area (Å²) in [5.41, 5.74) is 0.909. The number of benzene rings is 1. The number of rotatable bonds is 3. The molecule has 0 N–H and O–H groups in total. The zero-order valence-corrected chi connectivity index (χ0v) is 18.9. The van der Waals surface area contributed by atoms with Gasteiger partial charge in [0.2, 0.25) is 0 Å². The third-order valence-corrected chi connectivity index (χ3v) is 6.36. The summed E-state index contributed by atoms with van der Waals surface area (Å²) in [7, 11) is 14.1. The lowest BCUT2D eigenvalue weighted by Crippen LogP contribution is -2.64. The molecule has 0 unspecified atom stereocenters. The van der Waals surface area contributed by atoms with Crippen molar-refractivity contribution in [1.29, 1.82) is 5.26 Å². The molecule has 4 radical (unpaired) electrons. The summed E-state index contributed by atoms with van der Waals surface area (Å²) in [6.45, 7) is 4.11. The van der Waals surface area contributed by atoms with E-state index >= 15 is 0 Å². The lowest BCUT2D eigenvalue weighted by molar-refractivity contribution is 0.123. The number of fused-ring (bicyclic) bond motifs is 1. The van der Waals surface area contributed by atoms with E-state index in [1.54, 1.807) is 31.0 Å². The Morgan fingerprint density at radius 1 is 1.09 bits per heavy atom. The molecule has 1 fully saturated rings. The molecule has 1 aliphatic rings. The second kappa shape index (κ2) is 8.51. The fourth-order valence-electron chi connectivity index (χ4n) is 4.64. The van der Waals surface area contributed by atoms with Crippen LogP contribution in [-0.2, 0) is 12.4 Å². The summed E-state index contributed by atoms with van der Waals surface area (Å²) in [6, 6.07) is 7.02. The van der Waals surface area contributed by atoms with Crippen LogP contribution in [0.3, 0.4) is 0 Å². The largest absolute Gasteiger partial charge is 0.364 e. The third-order valence-electron chi connectivity index (χ3n) is 6.36. The molecule has 0 spiro atoms. The first-order valence-corrected chi connectivity index (χ1v) is 10.6. The van der Waals surface area contributed by atoms with Crippen LogP contribution in [0.5, 0.6) is 0 Å². The van der Waals surface area contributed by atoms with E-state index in [1.807, 2.05) is 17.9 Å². The molecule has 2 aromatic heterocycles. The van der Waals surface area contributed by atoms with Gasteiger partial charge in [-0.15, -0.1) is 0 Å². The first kappa shape index (κ1) is 23.9. The van der Waals surface area contributed by atoms with E-state index in [2.05, 4.69) is 4.98 Å². The molecule has 4 rings (SSSR count). The summed E-state index contributed by atoms with van der Waals surface area (Å²) >= 11 is 0. The maximum atomic E-state index is 14.5. The zero-order chi connectivity index (χ0) is 24.9. The minimum atomic E-state index is -2.05. The average Bonchev–Trinajstić information content (AvgIpc) is 2.76. The molecule has 1 aromatic carbocycles. The number of anilines is 1. The van der Waals surface area contributed by atoms with Crippen molar-refractivity contribution < 1.29 is 13.2 Å². The molecule has 3 aromatic rings. The number of nitriles is 1. The second-order valence-corrected chi connectivity index (χ2v) is 8.68. The number of aryl methyl sites for hydroxylation is 1. The smallest absolute Gasteiger partial charge is 0.252 e. The van der Waals surface area contributed by atoms with Crippen molar-refractivity contribution in [2.45, 2.75) is 31.3 Å². The Bertz CT molecular complexity index is 1360. The van der Waals surface area contributed by atoms with Gasteiger partial charge in [0.15, 0.2) is 0 Å². The number of nitrogens with zero attached hydrogens (tertiary/aromatic N) is 5. The SMILES string of the molecule is [B]C([B])(c1c(F)cc(F)cc1F)N1C[C@H](C)N(c2cc(=O)n(C)c3ccc(C#N)nc23)C[C@H]1C. The van der Waals surface area contributed by atoms with Crippen molar-refractivity contribution in [3.05, 3.63) is 69.4 Å². The number of pyridine rings is 2. The van der Waals surface area contributed by atoms with Gasteiger partial charge < -0.3 is 14.4 Å². The lowest BCUT2D eigenvalue weighted by atomic mass is 9.56. The minimum Gasteiger partial charge on any atom is -0.364 e. The molecule has 2 atom stereocenters. The standard InChI is InChI=1S/C23H20B2F3N5O/c1-12-11-33(23(24,25)21-16(27)6-14(26)7-17(21)28)13(2)10-32(12)19-8-20(34)31(3)18-5-4-15(9-29)30-22(18)19/h4-8,12-13H,10-11H2,1-3H3/t12-,13+/m0/s1. The first-order chi connectivity index (χ1) is 15.9. The highest BCUT2D eigenvalue weighted by molar-refractivity contribution is 6.39. The molecule has 0 saturated carbocycles. The van der Waals surface area contributed by atoms with Gasteiger partial charge in [-0.05, 0) is 31.3 Å². The number of hydrogen-bond acceptors (Lipinski definition) is 5. The molecule has 11 heteroatoms. The van der Waals surface area contributed by atoms with E-state index in [9.17, 15) is 23.2 Å². The van der Waals surface area contributed by atoms with Crippen molar-refractivity contribution in [2.24, 2.45) is 7.05 Å². The Kier molecular flexibility index (Phi) is 5.98. The van der Waals surface area contributed by atoms with E-state index in [0.29, 0.717) is 35.4 Å². The highest BCUT2D eigenvalue weighted by atomic mass is 19.1. The van der Waals surface area contributed by atoms with Crippen molar-refractivity contribution in [3.63, 3.8) is 0 Å². The van der Waals surface area contributed by atoms with Crippen LogP contribution in [0.1, 0.15) is 25.1 Å². The predicted molar refractivity (Wildman–Crippen MR) is 124 cm³/mol. The van der Waals surface area contributed by atoms with Crippen LogP contribution >= 0.6 is 0 Å². The van der Waals surface area contributed by atoms with Crippen molar-refractivity contribution >= 4 is 32.4 Å². The molecule has 0 amide bonds. The molecular formula is C23H20B2F3N5O. The number of halogens is 3. The minimum absolute atomic E-state index is 0.180. The highest BCUT2D eigenvalue weighted by Crippen LogP contribution is 2.35. The average molecular weight is 461 g/mol. The molecule has 1 aliphatic heterocycles. The lowest BCUT2D eigenvalue weighted by Gasteiger charge is -2.52. The first-order valence-electron chi connectivity index (χ1n) is 10.6. The van der Waals surface area contributed by atoms with E-state index in [4.69, 9.17) is 15.7 Å². The van der Waals surface area contributed by atoms with Crippen molar-refractivity contribution in [1.82, 2.24) is 14.5 Å². The predicted octanol–water partition coefficient (Wildman–Crippen LogP) is 2.27. The number of hydrogen-bond donors (Lipinski definition) is 0. The van der Waals surface area contributed by atoms with Crippen LogP contribution in [0.15, 0.2) is 35.1 Å². The molecule has 34 heavy (non-hydrogen) atoms. The van der Waals surface area contributed by atoms with Gasteiger partial charge in [0, 0.05) is 56.0 Å². The quantitative estimate of drug-likeness (QED) is 0.561. The molecule has 0 bridgehead atoms. The summed E-state index contributed by atoms with van der Waals surface area (Å²) in [5.74, 6) is -3.41. The molecule has 3 heterocycles. The number of piperazine rings is 1. The van der Waals surface area contributed by atoms with E-state index in [-0.39, 0.29) is 23.8 Å². The second-order valence-electron chi connectivity index (χ2n) is 8.68. The zero-order valence-electron chi connectivity index (χ0n) is 18.9. The van der Waals surface area contributed by atoms with Crippen LogP contribution in [-0.4, -0.2) is 55.3 Å². The summed E-state index contributed by atoms with van der Waals surface area (Å²) in [5, 5.41) is 7.24. The Labute approximate surface area is 197 Å². The van der Waals surface area contributed by atoms with Gasteiger partial charge in [-0.2, -0.15) is 5.26 Å². The normalized spacial score (nSPS) is 19.4. The van der Waals surface area contributed by atoms with Crippen molar-refractivity contribution in [2.75, 3.05) is 18.0 Å². The fraction of sp³-hybridized carbons (Fsp3) is 0.348. The summed E-state index contributed by atoms with van der Waals surface area (Å²) in [4.78, 5) is 20.5. The van der Waals surface area contributed by atoms with E-state index in [1.165, 1.54) is 10.6 Å². The van der Waals surface area contributed by atoms with Crippen LogP contribution in [0.25, 0.3) is 11.0 Å². The summed E-state index contributed by atoms with van der Waals surface area (Å²) < 4.78 is 43.9. The van der Waals surface area contributed by atoms with Gasteiger partial charge in [-0.3, -0.25) is 4.79 Å². The van der Waals surface area contributed by atoms with Gasteiger partial charge in [0.1, 0.15) is 34.7 Å². The van der Waals surface area contributed by atoms with Gasteiger partial charge in [0.05, 0.1) is 26.9 Å². The topological polar surface area (TPSA) is 65.2 Å². The van der Waals surface area contributed by atoms with Crippen molar-refractivity contribution in [3.8, 4) is 6.07 Å². The van der Waals surface area contributed by atoms with Gasteiger partial charge >= 0.3 is 0 Å². The van der Waals surface area contributed by atoms with E-state index < -0.39 is 34.4 Å². The molecule has 170 valence electrons. The molecule has 1 saturated heterocycles. The van der Waals surface area contributed by atoms with Crippen LogP contribution in [0.4, 0.5) is 18.9 Å². The maximum absolute atomic E-state index is 14.5. The van der Waals surface area contributed by atoms with E-state index in [0.717, 1.165) is 0 Å². The molecule has 0 aliphatic carbocycles. The Balaban J connectivity index is 1.75. The van der Waals surface area contributed by atoms with Crippen LogP contribution in [0.2, 0.25) is 0 Å². The summed E-state index contributed by atoms with van der Waals surface area (Å²) in [6.07, 6.45) is 0. The van der Waals surface area contributed by atoms with Gasteiger partial charge in [-0.25, -0.2) is 18.2 Å². The maximum Gasteiger partial charge on any atom is 0.252 e. The Hall–Kier alpha value is -3.25. The van der Waals surface area contributed by atoms with Gasteiger partial charge in [0.25, 0.3) is 5.56 Å². The number of aromatic nitrogens is 2. The highest BCUT2D eigenvalue weighted by Gasteiger charge is 2.41. The monoisotopic (exact) mass is 461 g/mol. The molecular weight excluding hydrogens is 441 g/mol. The fourth-order valence-corrected chi connectivity index (χ4v) is 4.64. The third kappa shape index (κ3) is 3.86. The Morgan fingerprint density at radius 3 is 2.35 bits per heavy atom. The van der Waals surface area contributed by atoms with Crippen LogP contribution in [0, 0.1) is 28.8 Å². The molecule has 6 nitrogen and oxygen atoms in total. The van der Waals surface area contributed by atoms with Crippen LogP contribution < -0.4 is 10.5 Å². The van der Waals surface area contributed by atoms with Gasteiger partial charge in [-0.1, -0.05) is 0 Å². The Morgan fingerprint density at radius 2 is 1.74 bits per heavy atom.